The van der Waals surface area contributed by atoms with Crippen molar-refractivity contribution in [3.63, 3.8) is 0 Å². The summed E-state index contributed by atoms with van der Waals surface area (Å²) in [7, 11) is 3.43. The molecule has 5 rings (SSSR count). The predicted octanol–water partition coefficient (Wildman–Crippen LogP) is 4.38. The van der Waals surface area contributed by atoms with E-state index in [4.69, 9.17) is 9.72 Å². The first-order chi connectivity index (χ1) is 16.1. The van der Waals surface area contributed by atoms with Crippen LogP contribution in [0.4, 0.5) is 22.0 Å². The number of fused-ring (bicyclic) bond motifs is 1. The first kappa shape index (κ1) is 20.9. The molecule has 1 unspecified atom stereocenters. The number of hydrogen-bond donors (Lipinski definition) is 2. The maximum Gasteiger partial charge on any atom is 0.240 e. The van der Waals surface area contributed by atoms with E-state index in [0.717, 1.165) is 46.9 Å². The van der Waals surface area contributed by atoms with E-state index in [9.17, 15) is 4.39 Å². The number of benzene rings is 1. The van der Waals surface area contributed by atoms with Gasteiger partial charge in [0.1, 0.15) is 23.1 Å². The van der Waals surface area contributed by atoms with Gasteiger partial charge in [0.25, 0.3) is 0 Å². The minimum Gasteiger partial charge on any atom is -0.479 e. The molecule has 1 aliphatic rings. The lowest BCUT2D eigenvalue weighted by molar-refractivity contribution is 0.396. The summed E-state index contributed by atoms with van der Waals surface area (Å²) < 4.78 is 20.8. The van der Waals surface area contributed by atoms with E-state index in [2.05, 4.69) is 25.6 Å². The highest BCUT2D eigenvalue weighted by molar-refractivity contribution is 5.60. The van der Waals surface area contributed by atoms with E-state index in [-0.39, 0.29) is 11.7 Å². The number of methoxy groups -OCH3 is 1. The highest BCUT2D eigenvalue weighted by Gasteiger charge is 2.29. The Kier molecular flexibility index (Phi) is 5.37. The lowest BCUT2D eigenvalue weighted by Crippen LogP contribution is -2.09. The van der Waals surface area contributed by atoms with Crippen molar-refractivity contribution in [1.82, 2.24) is 24.5 Å². The zero-order valence-electron chi connectivity index (χ0n) is 18.6. The topological polar surface area (TPSA) is 89.8 Å². The van der Waals surface area contributed by atoms with Crippen molar-refractivity contribution < 1.29 is 9.13 Å². The SMILES string of the molecule is CNc1nc(Nc2ccc(-n3cnc(C)c3)c(OC)n2)nc2c1CCC2c1ccc(F)cc1. The molecule has 1 aliphatic carbocycles. The number of ether oxygens (including phenoxy) is 1. The quantitative estimate of drug-likeness (QED) is 0.455. The van der Waals surface area contributed by atoms with Crippen LogP contribution in [0.1, 0.15) is 34.9 Å². The van der Waals surface area contributed by atoms with E-state index in [0.29, 0.717) is 17.6 Å². The third-order valence-electron chi connectivity index (χ3n) is 5.82. The molecule has 0 saturated heterocycles. The lowest BCUT2D eigenvalue weighted by Gasteiger charge is -2.15. The van der Waals surface area contributed by atoms with Gasteiger partial charge in [-0.25, -0.2) is 14.4 Å². The summed E-state index contributed by atoms with van der Waals surface area (Å²) in [6.07, 6.45) is 5.39. The Hall–Kier alpha value is -4.01. The number of anilines is 3. The molecule has 1 atom stereocenters. The van der Waals surface area contributed by atoms with Gasteiger partial charge in [-0.05, 0) is 49.6 Å². The molecule has 8 nitrogen and oxygen atoms in total. The molecule has 4 aromatic rings. The largest absolute Gasteiger partial charge is 0.479 e. The molecular weight excluding hydrogens is 421 g/mol. The van der Waals surface area contributed by atoms with E-state index >= 15 is 0 Å². The Balaban J connectivity index is 1.48. The number of rotatable bonds is 6. The van der Waals surface area contributed by atoms with Crippen molar-refractivity contribution in [3.05, 3.63) is 77.3 Å². The predicted molar refractivity (Wildman–Crippen MR) is 124 cm³/mol. The van der Waals surface area contributed by atoms with E-state index in [1.165, 1.54) is 12.1 Å². The fourth-order valence-corrected chi connectivity index (χ4v) is 4.26. The number of aryl methyl sites for hydroxylation is 1. The summed E-state index contributed by atoms with van der Waals surface area (Å²) in [6, 6.07) is 10.4. The molecule has 0 amide bonds. The van der Waals surface area contributed by atoms with Crippen LogP contribution >= 0.6 is 0 Å². The number of hydrogen-bond acceptors (Lipinski definition) is 7. The van der Waals surface area contributed by atoms with Crippen molar-refractivity contribution in [3.8, 4) is 11.6 Å². The fourth-order valence-electron chi connectivity index (χ4n) is 4.26. The molecular formula is C24H24FN7O. The van der Waals surface area contributed by atoms with Gasteiger partial charge in [0.2, 0.25) is 11.8 Å². The number of aromatic nitrogens is 5. The summed E-state index contributed by atoms with van der Waals surface area (Å²) in [6.45, 7) is 1.93. The molecule has 168 valence electrons. The highest BCUT2D eigenvalue weighted by atomic mass is 19.1. The Labute approximate surface area is 190 Å². The van der Waals surface area contributed by atoms with Crippen LogP contribution in [0.15, 0.2) is 48.9 Å². The second-order valence-corrected chi connectivity index (χ2v) is 7.92. The number of pyridine rings is 1. The first-order valence-electron chi connectivity index (χ1n) is 10.7. The molecule has 33 heavy (non-hydrogen) atoms. The molecule has 2 N–H and O–H groups in total. The zero-order chi connectivity index (χ0) is 22.9. The Morgan fingerprint density at radius 1 is 1.09 bits per heavy atom. The van der Waals surface area contributed by atoms with Crippen LogP contribution in [-0.4, -0.2) is 38.7 Å². The summed E-state index contributed by atoms with van der Waals surface area (Å²) in [5.74, 6) is 2.08. The van der Waals surface area contributed by atoms with Crippen molar-refractivity contribution in [2.75, 3.05) is 24.8 Å². The van der Waals surface area contributed by atoms with Crippen LogP contribution in [0.5, 0.6) is 5.88 Å². The lowest BCUT2D eigenvalue weighted by atomic mass is 9.97. The molecule has 0 radical (unpaired) electrons. The second-order valence-electron chi connectivity index (χ2n) is 7.92. The van der Waals surface area contributed by atoms with Gasteiger partial charge in [-0.2, -0.15) is 9.97 Å². The van der Waals surface area contributed by atoms with Crippen LogP contribution in [0, 0.1) is 12.7 Å². The van der Waals surface area contributed by atoms with Crippen molar-refractivity contribution in [2.24, 2.45) is 0 Å². The van der Waals surface area contributed by atoms with E-state index < -0.39 is 0 Å². The number of halogens is 1. The monoisotopic (exact) mass is 445 g/mol. The minimum absolute atomic E-state index is 0.0885. The average Bonchev–Trinajstić information content (AvgIpc) is 3.45. The third-order valence-corrected chi connectivity index (χ3v) is 5.82. The Bertz CT molecular complexity index is 1300. The number of nitrogens with one attached hydrogen (secondary N) is 2. The van der Waals surface area contributed by atoms with Gasteiger partial charge in [0.15, 0.2) is 0 Å². The standard InChI is InChI=1S/C24H24FN7O/c1-14-12-32(13-27-14)19-10-11-20(28-23(19)33-3)29-24-30-21-17(15-4-6-16(25)7-5-15)8-9-18(21)22(26-2)31-24/h4-7,10-13,17H,8-9H2,1-3H3,(H2,26,28,29,30,31). The van der Waals surface area contributed by atoms with Gasteiger partial charge in [0, 0.05) is 24.7 Å². The highest BCUT2D eigenvalue weighted by Crippen LogP contribution is 2.40. The summed E-state index contributed by atoms with van der Waals surface area (Å²) in [4.78, 5) is 18.3. The Morgan fingerprint density at radius 2 is 1.91 bits per heavy atom. The summed E-state index contributed by atoms with van der Waals surface area (Å²) >= 11 is 0. The van der Waals surface area contributed by atoms with E-state index in [1.807, 2.05) is 49.0 Å². The van der Waals surface area contributed by atoms with Crippen LogP contribution < -0.4 is 15.4 Å². The molecule has 3 heterocycles. The maximum atomic E-state index is 13.4. The van der Waals surface area contributed by atoms with Gasteiger partial charge >= 0.3 is 0 Å². The van der Waals surface area contributed by atoms with Crippen LogP contribution in [0.2, 0.25) is 0 Å². The van der Waals surface area contributed by atoms with Gasteiger partial charge in [-0.1, -0.05) is 12.1 Å². The maximum absolute atomic E-state index is 13.4. The molecule has 0 saturated carbocycles. The van der Waals surface area contributed by atoms with E-state index in [1.54, 1.807) is 13.4 Å². The van der Waals surface area contributed by atoms with Crippen molar-refractivity contribution in [1.29, 1.82) is 0 Å². The smallest absolute Gasteiger partial charge is 0.240 e. The molecule has 1 aromatic carbocycles. The first-order valence-corrected chi connectivity index (χ1v) is 10.7. The fraction of sp³-hybridized carbons (Fsp3) is 0.250. The van der Waals surface area contributed by atoms with Gasteiger partial charge < -0.3 is 19.9 Å². The number of imidazole rings is 1. The van der Waals surface area contributed by atoms with Crippen molar-refractivity contribution >= 4 is 17.6 Å². The van der Waals surface area contributed by atoms with Crippen LogP contribution in [-0.2, 0) is 6.42 Å². The molecule has 3 aromatic heterocycles. The normalized spacial score (nSPS) is 14.7. The zero-order valence-corrected chi connectivity index (χ0v) is 18.6. The van der Waals surface area contributed by atoms with Gasteiger partial charge in [0.05, 0.1) is 24.8 Å². The molecule has 9 heteroatoms. The molecule has 0 aliphatic heterocycles. The van der Waals surface area contributed by atoms with Gasteiger partial charge in [-0.3, -0.25) is 0 Å². The minimum atomic E-state index is -0.243. The third kappa shape index (κ3) is 3.97. The molecule has 0 bridgehead atoms. The van der Waals surface area contributed by atoms with Crippen molar-refractivity contribution in [2.45, 2.75) is 25.7 Å². The van der Waals surface area contributed by atoms with Crippen LogP contribution in [0.3, 0.4) is 0 Å². The van der Waals surface area contributed by atoms with Crippen LogP contribution in [0.25, 0.3) is 5.69 Å². The average molecular weight is 446 g/mol. The Morgan fingerprint density at radius 3 is 2.61 bits per heavy atom. The summed E-state index contributed by atoms with van der Waals surface area (Å²) in [5, 5.41) is 6.39. The molecule has 0 fully saturated rings. The molecule has 0 spiro atoms. The summed E-state index contributed by atoms with van der Waals surface area (Å²) in [5.41, 5.74) is 4.77. The second kappa shape index (κ2) is 8.50. The van der Waals surface area contributed by atoms with Gasteiger partial charge in [-0.15, -0.1) is 0 Å². The number of nitrogens with zero attached hydrogens (tertiary/aromatic N) is 5.